The first-order valence-corrected chi connectivity index (χ1v) is 6.54. The van der Waals surface area contributed by atoms with Gasteiger partial charge in [-0.05, 0) is 25.9 Å². The third kappa shape index (κ3) is 2.17. The van der Waals surface area contributed by atoms with E-state index >= 15 is 0 Å². The largest absolute Gasteiger partial charge is 0.371 e. The van der Waals surface area contributed by atoms with Crippen molar-refractivity contribution < 1.29 is 19.4 Å². The Kier molecular flexibility index (Phi) is 3.36. The SMILES string of the molecule is O=[N+]([O-])O[C@H]1CO[C@H]2[C@@H]1OC[C@@H]2N1CCCCC1. The zero-order valence-corrected chi connectivity index (χ0v) is 10.2. The van der Waals surface area contributed by atoms with E-state index in [1.54, 1.807) is 0 Å². The first-order valence-electron chi connectivity index (χ1n) is 6.54. The van der Waals surface area contributed by atoms with Crippen LogP contribution in [0.2, 0.25) is 0 Å². The summed E-state index contributed by atoms with van der Waals surface area (Å²) in [7, 11) is 0. The van der Waals surface area contributed by atoms with E-state index in [1.807, 2.05) is 0 Å². The average molecular weight is 258 g/mol. The molecule has 0 radical (unpaired) electrons. The van der Waals surface area contributed by atoms with Crippen molar-refractivity contribution in [2.75, 3.05) is 26.3 Å². The summed E-state index contributed by atoms with van der Waals surface area (Å²) in [6.45, 7) is 2.98. The summed E-state index contributed by atoms with van der Waals surface area (Å²) in [5, 5.41) is 9.63. The summed E-state index contributed by atoms with van der Waals surface area (Å²) in [5.41, 5.74) is 0. The van der Waals surface area contributed by atoms with E-state index in [0.29, 0.717) is 6.61 Å². The highest BCUT2D eigenvalue weighted by Crippen LogP contribution is 2.32. The maximum absolute atomic E-state index is 10.4. The standard InChI is InChI=1S/C11H18N2O5/c14-13(15)18-9-7-17-10-8(6-16-11(9)10)12-4-2-1-3-5-12/h8-11H,1-7H2/t8-,9-,10+,11+/m0/s1. The van der Waals surface area contributed by atoms with Gasteiger partial charge < -0.3 is 14.3 Å². The van der Waals surface area contributed by atoms with Gasteiger partial charge in [0.05, 0.1) is 19.3 Å². The Morgan fingerprint density at radius 1 is 1.11 bits per heavy atom. The highest BCUT2D eigenvalue weighted by atomic mass is 17.0. The molecule has 7 nitrogen and oxygen atoms in total. The third-order valence-electron chi connectivity index (χ3n) is 4.06. The molecule has 3 rings (SSSR count). The molecule has 3 aliphatic heterocycles. The fourth-order valence-corrected chi connectivity index (χ4v) is 3.21. The average Bonchev–Trinajstić information content (AvgIpc) is 2.93. The number of ether oxygens (including phenoxy) is 2. The highest BCUT2D eigenvalue weighted by molar-refractivity contribution is 4.99. The Morgan fingerprint density at radius 2 is 1.83 bits per heavy atom. The highest BCUT2D eigenvalue weighted by Gasteiger charge is 2.51. The van der Waals surface area contributed by atoms with E-state index in [0.717, 1.165) is 13.1 Å². The molecule has 3 heterocycles. The molecular weight excluding hydrogens is 240 g/mol. The smallest absolute Gasteiger partial charge is 0.294 e. The lowest BCUT2D eigenvalue weighted by molar-refractivity contribution is -0.769. The quantitative estimate of drug-likeness (QED) is 0.532. The Bertz CT molecular complexity index is 321. The van der Waals surface area contributed by atoms with Gasteiger partial charge in [0.25, 0.3) is 5.09 Å². The Morgan fingerprint density at radius 3 is 2.56 bits per heavy atom. The lowest BCUT2D eigenvalue weighted by atomic mass is 10.0. The molecule has 102 valence electrons. The van der Waals surface area contributed by atoms with Crippen molar-refractivity contribution in [1.29, 1.82) is 0 Å². The fraction of sp³-hybridized carbons (Fsp3) is 1.00. The van der Waals surface area contributed by atoms with E-state index in [2.05, 4.69) is 9.74 Å². The Balaban J connectivity index is 1.62. The topological polar surface area (TPSA) is 74.1 Å². The second-order valence-corrected chi connectivity index (χ2v) is 5.13. The van der Waals surface area contributed by atoms with E-state index in [9.17, 15) is 10.1 Å². The maximum atomic E-state index is 10.4. The van der Waals surface area contributed by atoms with Crippen LogP contribution >= 0.6 is 0 Å². The van der Waals surface area contributed by atoms with Gasteiger partial charge in [0.1, 0.15) is 12.2 Å². The molecule has 0 aromatic heterocycles. The molecule has 18 heavy (non-hydrogen) atoms. The summed E-state index contributed by atoms with van der Waals surface area (Å²) < 4.78 is 11.3. The molecule has 0 bridgehead atoms. The van der Waals surface area contributed by atoms with Gasteiger partial charge in [-0.1, -0.05) is 6.42 Å². The molecule has 4 atom stereocenters. The maximum Gasteiger partial charge on any atom is 0.294 e. The zero-order valence-electron chi connectivity index (χ0n) is 10.2. The first-order chi connectivity index (χ1) is 8.75. The normalized spacial score (nSPS) is 40.7. The van der Waals surface area contributed by atoms with Gasteiger partial charge in [-0.15, -0.1) is 10.1 Å². The lowest BCUT2D eigenvalue weighted by Crippen LogP contribution is -2.47. The minimum Gasteiger partial charge on any atom is -0.371 e. The minimum atomic E-state index is -0.756. The number of hydrogen-bond acceptors (Lipinski definition) is 6. The van der Waals surface area contributed by atoms with Gasteiger partial charge in [0.2, 0.25) is 0 Å². The van der Waals surface area contributed by atoms with Crippen LogP contribution in [0.4, 0.5) is 0 Å². The molecular formula is C11H18N2O5. The predicted molar refractivity (Wildman–Crippen MR) is 60.6 cm³/mol. The van der Waals surface area contributed by atoms with Crippen LogP contribution in [0.1, 0.15) is 19.3 Å². The number of hydrogen-bond donors (Lipinski definition) is 0. The number of rotatable bonds is 3. The molecule has 0 saturated carbocycles. The summed E-state index contributed by atoms with van der Waals surface area (Å²) in [6, 6.07) is 0.232. The number of piperidine rings is 1. The zero-order chi connectivity index (χ0) is 12.5. The van der Waals surface area contributed by atoms with Crippen molar-refractivity contribution in [1.82, 2.24) is 4.90 Å². The van der Waals surface area contributed by atoms with Gasteiger partial charge in [-0.3, -0.25) is 4.90 Å². The van der Waals surface area contributed by atoms with Crippen LogP contribution in [-0.2, 0) is 14.3 Å². The molecule has 0 N–H and O–H groups in total. The van der Waals surface area contributed by atoms with Gasteiger partial charge in [-0.2, -0.15) is 0 Å². The van der Waals surface area contributed by atoms with Gasteiger partial charge in [0, 0.05) is 0 Å². The van der Waals surface area contributed by atoms with Crippen molar-refractivity contribution in [3.63, 3.8) is 0 Å². The van der Waals surface area contributed by atoms with Crippen LogP contribution in [0.5, 0.6) is 0 Å². The van der Waals surface area contributed by atoms with Crippen LogP contribution in [0.25, 0.3) is 0 Å². The van der Waals surface area contributed by atoms with E-state index in [1.165, 1.54) is 19.3 Å². The van der Waals surface area contributed by atoms with Gasteiger partial charge in [-0.25, -0.2) is 0 Å². The first kappa shape index (κ1) is 12.1. The van der Waals surface area contributed by atoms with Crippen LogP contribution in [0.3, 0.4) is 0 Å². The van der Waals surface area contributed by atoms with Gasteiger partial charge in [0.15, 0.2) is 6.10 Å². The number of nitrogens with zero attached hydrogens (tertiary/aromatic N) is 2. The van der Waals surface area contributed by atoms with Crippen molar-refractivity contribution in [3.8, 4) is 0 Å². The van der Waals surface area contributed by atoms with Crippen LogP contribution in [0.15, 0.2) is 0 Å². The fourth-order valence-electron chi connectivity index (χ4n) is 3.21. The molecule has 0 amide bonds. The van der Waals surface area contributed by atoms with E-state index < -0.39 is 11.2 Å². The molecule has 3 saturated heterocycles. The molecule has 0 spiro atoms. The number of likely N-dealkylation sites (tertiary alicyclic amines) is 1. The summed E-state index contributed by atoms with van der Waals surface area (Å²) in [5.74, 6) is 0. The molecule has 0 unspecified atom stereocenters. The molecule has 0 aromatic carbocycles. The summed E-state index contributed by atoms with van der Waals surface area (Å²) in [6.07, 6.45) is 2.77. The molecule has 3 aliphatic rings. The monoisotopic (exact) mass is 258 g/mol. The molecule has 7 heteroatoms. The lowest BCUT2D eigenvalue weighted by Gasteiger charge is -2.33. The summed E-state index contributed by atoms with van der Waals surface area (Å²) in [4.78, 5) is 17.4. The van der Waals surface area contributed by atoms with Crippen LogP contribution in [-0.4, -0.2) is 60.6 Å². The van der Waals surface area contributed by atoms with Crippen molar-refractivity contribution in [2.24, 2.45) is 0 Å². The predicted octanol–water partition coefficient (Wildman–Crippen LogP) is 0.215. The minimum absolute atomic E-state index is 0.0759. The van der Waals surface area contributed by atoms with Crippen LogP contribution in [0, 0.1) is 10.1 Å². The van der Waals surface area contributed by atoms with Crippen molar-refractivity contribution in [3.05, 3.63) is 10.1 Å². The number of fused-ring (bicyclic) bond motifs is 1. The van der Waals surface area contributed by atoms with Crippen LogP contribution < -0.4 is 0 Å². The second-order valence-electron chi connectivity index (χ2n) is 5.13. The molecule has 0 aliphatic carbocycles. The van der Waals surface area contributed by atoms with Gasteiger partial charge >= 0.3 is 0 Å². The molecule has 0 aromatic rings. The van der Waals surface area contributed by atoms with E-state index in [-0.39, 0.29) is 24.9 Å². The van der Waals surface area contributed by atoms with Crippen molar-refractivity contribution >= 4 is 0 Å². The van der Waals surface area contributed by atoms with E-state index in [4.69, 9.17) is 9.47 Å². The Hall–Kier alpha value is -0.920. The summed E-state index contributed by atoms with van der Waals surface area (Å²) >= 11 is 0. The van der Waals surface area contributed by atoms with Crippen molar-refractivity contribution in [2.45, 2.75) is 43.6 Å². The second kappa shape index (κ2) is 4.99. The third-order valence-corrected chi connectivity index (χ3v) is 4.06. The molecule has 3 fully saturated rings. The Labute approximate surface area is 105 Å².